The predicted molar refractivity (Wildman–Crippen MR) is 72.4 cm³/mol. The molecule has 0 heterocycles. The Kier molecular flexibility index (Phi) is 5.25. The summed E-state index contributed by atoms with van der Waals surface area (Å²) in [6.07, 6.45) is 0.535. The third kappa shape index (κ3) is 3.79. The van der Waals surface area contributed by atoms with Crippen molar-refractivity contribution in [1.82, 2.24) is 4.72 Å². The number of hydrogen-bond donors (Lipinski definition) is 2. The Labute approximate surface area is 118 Å². The zero-order valence-electron chi connectivity index (χ0n) is 11.2. The van der Waals surface area contributed by atoms with Gasteiger partial charge in [0, 0.05) is 0 Å². The number of sulfonamides is 1. The SMILES string of the molecule is CC[C@H](C)[C@H](NS(=O)(=O)c1ccc(C#N)cc1)C(=O)O. The van der Waals surface area contributed by atoms with E-state index >= 15 is 0 Å². The average molecular weight is 296 g/mol. The number of hydrogen-bond acceptors (Lipinski definition) is 4. The largest absolute Gasteiger partial charge is 0.480 e. The molecule has 2 atom stereocenters. The van der Waals surface area contributed by atoms with Crippen molar-refractivity contribution in [2.45, 2.75) is 31.2 Å². The summed E-state index contributed by atoms with van der Waals surface area (Å²) in [6, 6.07) is 5.99. The summed E-state index contributed by atoms with van der Waals surface area (Å²) in [4.78, 5) is 11.1. The lowest BCUT2D eigenvalue weighted by Crippen LogP contribution is -2.44. The molecule has 0 radical (unpaired) electrons. The normalized spacial score (nSPS) is 14.2. The van der Waals surface area contributed by atoms with Crippen LogP contribution in [0, 0.1) is 17.2 Å². The van der Waals surface area contributed by atoms with E-state index < -0.39 is 22.0 Å². The fourth-order valence-corrected chi connectivity index (χ4v) is 2.89. The number of benzene rings is 1. The smallest absolute Gasteiger partial charge is 0.322 e. The Morgan fingerprint density at radius 1 is 1.40 bits per heavy atom. The molecule has 0 aliphatic carbocycles. The van der Waals surface area contributed by atoms with E-state index in [4.69, 9.17) is 10.4 Å². The number of carbonyl (C=O) groups is 1. The molecule has 20 heavy (non-hydrogen) atoms. The van der Waals surface area contributed by atoms with E-state index in [1.807, 2.05) is 6.07 Å². The van der Waals surface area contributed by atoms with Crippen molar-refractivity contribution >= 4 is 16.0 Å². The lowest BCUT2D eigenvalue weighted by molar-refractivity contribution is -0.140. The first-order valence-electron chi connectivity index (χ1n) is 6.07. The molecule has 0 unspecified atom stereocenters. The first-order valence-corrected chi connectivity index (χ1v) is 7.55. The van der Waals surface area contributed by atoms with Crippen LogP contribution in [0.5, 0.6) is 0 Å². The van der Waals surface area contributed by atoms with Gasteiger partial charge >= 0.3 is 5.97 Å². The number of carboxylic acid groups (broad SMARTS) is 1. The Morgan fingerprint density at radius 3 is 2.35 bits per heavy atom. The molecule has 0 amide bonds. The summed E-state index contributed by atoms with van der Waals surface area (Å²) < 4.78 is 26.4. The molecule has 1 aromatic carbocycles. The van der Waals surface area contributed by atoms with Gasteiger partial charge in [0.15, 0.2) is 0 Å². The fourth-order valence-electron chi connectivity index (χ4n) is 1.59. The van der Waals surface area contributed by atoms with E-state index in [0.717, 1.165) is 0 Å². The Balaban J connectivity index is 3.03. The molecule has 0 saturated carbocycles. The number of nitrogens with one attached hydrogen (secondary N) is 1. The van der Waals surface area contributed by atoms with Gasteiger partial charge in [-0.05, 0) is 30.2 Å². The van der Waals surface area contributed by atoms with E-state index in [9.17, 15) is 13.2 Å². The molecule has 0 aliphatic rings. The minimum atomic E-state index is -3.92. The van der Waals surface area contributed by atoms with Gasteiger partial charge in [0.05, 0.1) is 16.5 Å². The van der Waals surface area contributed by atoms with Crippen LogP contribution in [0.3, 0.4) is 0 Å². The maximum absolute atomic E-state index is 12.1. The van der Waals surface area contributed by atoms with Crippen molar-refractivity contribution in [3.05, 3.63) is 29.8 Å². The first kappa shape index (κ1) is 16.1. The van der Waals surface area contributed by atoms with Gasteiger partial charge in [-0.15, -0.1) is 0 Å². The summed E-state index contributed by atoms with van der Waals surface area (Å²) in [6.45, 7) is 3.46. The van der Waals surface area contributed by atoms with E-state index in [1.165, 1.54) is 24.3 Å². The van der Waals surface area contributed by atoms with Crippen LogP contribution in [-0.4, -0.2) is 25.5 Å². The first-order chi connectivity index (χ1) is 9.31. The second-order valence-electron chi connectivity index (χ2n) is 4.46. The van der Waals surface area contributed by atoms with Gasteiger partial charge in [-0.1, -0.05) is 20.3 Å². The molecule has 1 aromatic rings. The fraction of sp³-hybridized carbons (Fsp3) is 0.385. The predicted octanol–water partition coefficient (Wildman–Crippen LogP) is 1.34. The maximum atomic E-state index is 12.1. The molecule has 0 bridgehead atoms. The summed E-state index contributed by atoms with van der Waals surface area (Å²) in [7, 11) is -3.92. The third-order valence-corrected chi connectivity index (χ3v) is 4.51. The van der Waals surface area contributed by atoms with Crippen LogP contribution < -0.4 is 4.72 Å². The van der Waals surface area contributed by atoms with Crippen molar-refractivity contribution in [3.8, 4) is 6.07 Å². The van der Waals surface area contributed by atoms with Crippen molar-refractivity contribution in [2.75, 3.05) is 0 Å². The van der Waals surface area contributed by atoms with Crippen LogP contribution in [0.4, 0.5) is 0 Å². The van der Waals surface area contributed by atoms with Crippen molar-refractivity contribution in [2.24, 2.45) is 5.92 Å². The molecular formula is C13H16N2O4S. The average Bonchev–Trinajstić information content (AvgIpc) is 2.43. The van der Waals surface area contributed by atoms with Gasteiger partial charge in [0.2, 0.25) is 10.0 Å². The lowest BCUT2D eigenvalue weighted by Gasteiger charge is -2.20. The van der Waals surface area contributed by atoms with Crippen LogP contribution in [0.1, 0.15) is 25.8 Å². The molecular weight excluding hydrogens is 280 g/mol. The molecule has 0 aliphatic heterocycles. The second-order valence-corrected chi connectivity index (χ2v) is 6.17. The van der Waals surface area contributed by atoms with E-state index in [2.05, 4.69) is 4.72 Å². The highest BCUT2D eigenvalue weighted by atomic mass is 32.2. The zero-order chi connectivity index (χ0) is 15.3. The summed E-state index contributed by atoms with van der Waals surface area (Å²) >= 11 is 0. The van der Waals surface area contributed by atoms with Gasteiger partial charge in [-0.25, -0.2) is 8.42 Å². The van der Waals surface area contributed by atoms with Crippen LogP contribution in [0.25, 0.3) is 0 Å². The molecule has 0 fully saturated rings. The van der Waals surface area contributed by atoms with E-state index in [0.29, 0.717) is 12.0 Å². The Morgan fingerprint density at radius 2 is 1.95 bits per heavy atom. The molecule has 0 saturated heterocycles. The van der Waals surface area contributed by atoms with Crippen molar-refractivity contribution in [3.63, 3.8) is 0 Å². The molecule has 6 nitrogen and oxygen atoms in total. The zero-order valence-corrected chi connectivity index (χ0v) is 12.0. The highest BCUT2D eigenvalue weighted by molar-refractivity contribution is 7.89. The minimum Gasteiger partial charge on any atom is -0.480 e. The molecule has 1 rings (SSSR count). The minimum absolute atomic E-state index is 0.0638. The van der Waals surface area contributed by atoms with Crippen LogP contribution in [0.2, 0.25) is 0 Å². The monoisotopic (exact) mass is 296 g/mol. The maximum Gasteiger partial charge on any atom is 0.322 e. The number of carboxylic acids is 1. The summed E-state index contributed by atoms with van der Waals surface area (Å²) in [5, 5.41) is 17.8. The van der Waals surface area contributed by atoms with Crippen molar-refractivity contribution in [1.29, 1.82) is 5.26 Å². The number of nitriles is 1. The number of aliphatic carboxylic acids is 1. The van der Waals surface area contributed by atoms with Crippen LogP contribution in [0.15, 0.2) is 29.2 Å². The van der Waals surface area contributed by atoms with Crippen molar-refractivity contribution < 1.29 is 18.3 Å². The Hall–Kier alpha value is -1.91. The molecule has 0 spiro atoms. The molecule has 2 N–H and O–H groups in total. The lowest BCUT2D eigenvalue weighted by atomic mass is 10.0. The number of nitrogens with zero attached hydrogens (tertiary/aromatic N) is 1. The molecule has 7 heteroatoms. The van der Waals surface area contributed by atoms with Crippen LogP contribution in [-0.2, 0) is 14.8 Å². The van der Waals surface area contributed by atoms with E-state index in [1.54, 1.807) is 13.8 Å². The summed E-state index contributed by atoms with van der Waals surface area (Å²) in [5.74, 6) is -1.54. The highest BCUT2D eigenvalue weighted by Gasteiger charge is 2.29. The van der Waals surface area contributed by atoms with Gasteiger partial charge in [-0.3, -0.25) is 4.79 Å². The Bertz CT molecular complexity index is 617. The van der Waals surface area contributed by atoms with Crippen LogP contribution >= 0.6 is 0 Å². The molecule has 108 valence electrons. The molecule has 0 aromatic heterocycles. The third-order valence-electron chi connectivity index (χ3n) is 3.05. The van der Waals surface area contributed by atoms with Gasteiger partial charge in [-0.2, -0.15) is 9.98 Å². The topological polar surface area (TPSA) is 107 Å². The van der Waals surface area contributed by atoms with E-state index in [-0.39, 0.29) is 10.8 Å². The highest BCUT2D eigenvalue weighted by Crippen LogP contribution is 2.14. The number of rotatable bonds is 6. The quantitative estimate of drug-likeness (QED) is 0.823. The van der Waals surface area contributed by atoms with Gasteiger partial charge in [0.1, 0.15) is 6.04 Å². The van der Waals surface area contributed by atoms with Gasteiger partial charge < -0.3 is 5.11 Å². The van der Waals surface area contributed by atoms with Gasteiger partial charge in [0.25, 0.3) is 0 Å². The summed E-state index contributed by atoms with van der Waals surface area (Å²) in [5.41, 5.74) is 0.334. The second kappa shape index (κ2) is 6.50. The standard InChI is InChI=1S/C13H16N2O4S/c1-3-9(2)12(13(16)17)15-20(18,19)11-6-4-10(8-14)5-7-11/h4-7,9,12,15H,3H2,1-2H3,(H,16,17)/t9-,12-/m0/s1.